The summed E-state index contributed by atoms with van der Waals surface area (Å²) in [6, 6.07) is 10.6. The molecule has 0 bridgehead atoms. The van der Waals surface area contributed by atoms with Crippen molar-refractivity contribution >= 4 is 17.6 Å². The molecule has 0 spiro atoms. The monoisotopic (exact) mass is 433 g/mol. The van der Waals surface area contributed by atoms with E-state index in [9.17, 15) is 23.5 Å². The Bertz CT molecular complexity index is 895. The van der Waals surface area contributed by atoms with Gasteiger partial charge in [0.1, 0.15) is 17.7 Å². The van der Waals surface area contributed by atoms with Crippen molar-refractivity contribution < 1.29 is 28.2 Å². The minimum atomic E-state index is -0.685. The molecule has 0 unspecified atom stereocenters. The van der Waals surface area contributed by atoms with Crippen LogP contribution in [0.5, 0.6) is 0 Å². The number of halogens is 2. The van der Waals surface area contributed by atoms with Gasteiger partial charge in [-0.25, -0.2) is 13.6 Å². The van der Waals surface area contributed by atoms with Crippen molar-refractivity contribution in [1.29, 1.82) is 0 Å². The van der Waals surface area contributed by atoms with Gasteiger partial charge >= 0.3 is 6.03 Å². The lowest BCUT2D eigenvalue weighted by Gasteiger charge is -2.35. The van der Waals surface area contributed by atoms with Gasteiger partial charge in [-0.1, -0.05) is 24.3 Å². The van der Waals surface area contributed by atoms with Crippen LogP contribution in [0.4, 0.5) is 19.3 Å². The smallest absolute Gasteiger partial charge is 0.319 e. The van der Waals surface area contributed by atoms with Crippen molar-refractivity contribution in [3.8, 4) is 0 Å². The maximum absolute atomic E-state index is 13.7. The molecule has 0 aromatic heterocycles. The quantitative estimate of drug-likeness (QED) is 0.540. The SMILES string of the molecule is O=C(C[C@H]1CC[C@@H](NC(=O)Nc2ccccc2F)[C@@H](CO)O1)NCc1ccc(F)cc1. The lowest BCUT2D eigenvalue weighted by Crippen LogP contribution is -2.52. The average molecular weight is 433 g/mol. The number of para-hydroxylation sites is 1. The molecule has 0 radical (unpaired) electrons. The minimum absolute atomic E-state index is 0.0491. The van der Waals surface area contributed by atoms with Gasteiger partial charge in [-0.3, -0.25) is 4.79 Å². The fraction of sp³-hybridized carbons (Fsp3) is 0.364. The summed E-state index contributed by atoms with van der Waals surface area (Å²) in [5.41, 5.74) is 0.825. The Hall–Kier alpha value is -3.04. The number of carbonyl (C=O) groups is 2. The van der Waals surface area contributed by atoms with E-state index in [1.165, 1.54) is 30.3 Å². The third kappa shape index (κ3) is 6.73. The van der Waals surface area contributed by atoms with E-state index in [1.54, 1.807) is 18.2 Å². The normalized spacial score (nSPS) is 20.7. The number of amides is 3. The van der Waals surface area contributed by atoms with E-state index in [2.05, 4.69) is 16.0 Å². The summed E-state index contributed by atoms with van der Waals surface area (Å²) >= 11 is 0. The number of hydrogen-bond acceptors (Lipinski definition) is 4. The van der Waals surface area contributed by atoms with Gasteiger partial charge in [0.05, 0.1) is 30.9 Å². The van der Waals surface area contributed by atoms with Gasteiger partial charge in [-0.05, 0) is 42.7 Å². The van der Waals surface area contributed by atoms with Crippen molar-refractivity contribution in [2.24, 2.45) is 0 Å². The van der Waals surface area contributed by atoms with Crippen molar-refractivity contribution in [1.82, 2.24) is 10.6 Å². The number of aliphatic hydroxyl groups is 1. The van der Waals surface area contributed by atoms with Gasteiger partial charge in [0.15, 0.2) is 0 Å². The van der Waals surface area contributed by atoms with Crippen LogP contribution in [0.3, 0.4) is 0 Å². The molecule has 2 aromatic rings. The fourth-order valence-electron chi connectivity index (χ4n) is 3.42. The third-order valence-electron chi connectivity index (χ3n) is 5.05. The second-order valence-corrected chi connectivity index (χ2v) is 7.35. The summed E-state index contributed by atoms with van der Waals surface area (Å²) < 4.78 is 32.4. The Kier molecular flexibility index (Phi) is 7.91. The Balaban J connectivity index is 1.45. The molecular formula is C22H25F2N3O4. The van der Waals surface area contributed by atoms with Gasteiger partial charge in [0.2, 0.25) is 5.91 Å². The molecule has 1 heterocycles. The largest absolute Gasteiger partial charge is 0.394 e. The van der Waals surface area contributed by atoms with Gasteiger partial charge in [-0.2, -0.15) is 0 Å². The highest BCUT2D eigenvalue weighted by atomic mass is 19.1. The first-order chi connectivity index (χ1) is 14.9. The van der Waals surface area contributed by atoms with Crippen LogP contribution in [0.25, 0.3) is 0 Å². The molecule has 31 heavy (non-hydrogen) atoms. The summed E-state index contributed by atoms with van der Waals surface area (Å²) in [6.07, 6.45) is 0.0102. The Morgan fingerprint density at radius 2 is 1.81 bits per heavy atom. The van der Waals surface area contributed by atoms with Crippen LogP contribution in [0.1, 0.15) is 24.8 Å². The number of ether oxygens (including phenoxy) is 1. The van der Waals surface area contributed by atoms with Crippen LogP contribution in [0.2, 0.25) is 0 Å². The molecule has 7 nitrogen and oxygen atoms in total. The van der Waals surface area contributed by atoms with Gasteiger partial charge in [0.25, 0.3) is 0 Å². The topological polar surface area (TPSA) is 99.7 Å². The first kappa shape index (κ1) is 22.6. The predicted octanol–water partition coefficient (Wildman–Crippen LogP) is 2.70. The van der Waals surface area contributed by atoms with Crippen molar-refractivity contribution in [3.05, 3.63) is 65.7 Å². The van der Waals surface area contributed by atoms with E-state index < -0.39 is 30.1 Å². The van der Waals surface area contributed by atoms with Crippen LogP contribution >= 0.6 is 0 Å². The molecule has 3 rings (SSSR count). The lowest BCUT2D eigenvalue weighted by atomic mass is 9.97. The van der Waals surface area contributed by atoms with E-state index in [-0.39, 0.29) is 37.0 Å². The second kappa shape index (κ2) is 10.8. The summed E-state index contributed by atoms with van der Waals surface area (Å²) in [5, 5.41) is 17.5. The highest BCUT2D eigenvalue weighted by molar-refractivity contribution is 5.89. The van der Waals surface area contributed by atoms with E-state index in [4.69, 9.17) is 4.74 Å². The predicted molar refractivity (Wildman–Crippen MR) is 110 cm³/mol. The summed E-state index contributed by atoms with van der Waals surface area (Å²) in [6.45, 7) is -0.0615. The van der Waals surface area contributed by atoms with Crippen molar-refractivity contribution in [2.75, 3.05) is 11.9 Å². The standard InChI is InChI=1S/C22H25F2N3O4/c23-15-7-5-14(6-8-15)12-25-21(29)11-16-9-10-19(20(13-28)31-16)27-22(30)26-18-4-2-1-3-17(18)24/h1-8,16,19-20,28H,9-13H2,(H,25,29)(H2,26,27,30)/t16-,19-,20-/m1/s1. The fourth-order valence-corrected chi connectivity index (χ4v) is 3.42. The zero-order valence-electron chi connectivity index (χ0n) is 16.8. The van der Waals surface area contributed by atoms with Crippen LogP contribution in [-0.4, -0.2) is 41.9 Å². The third-order valence-corrected chi connectivity index (χ3v) is 5.05. The van der Waals surface area contributed by atoms with E-state index in [0.29, 0.717) is 12.8 Å². The molecule has 1 fully saturated rings. The minimum Gasteiger partial charge on any atom is -0.394 e. The van der Waals surface area contributed by atoms with Crippen LogP contribution in [-0.2, 0) is 16.1 Å². The van der Waals surface area contributed by atoms with E-state index in [1.807, 2.05) is 0 Å². The molecule has 4 N–H and O–H groups in total. The van der Waals surface area contributed by atoms with Crippen LogP contribution in [0.15, 0.2) is 48.5 Å². The van der Waals surface area contributed by atoms with Crippen molar-refractivity contribution in [2.45, 2.75) is 44.1 Å². The van der Waals surface area contributed by atoms with Gasteiger partial charge in [-0.15, -0.1) is 0 Å². The molecular weight excluding hydrogens is 408 g/mol. The molecule has 2 aromatic carbocycles. The lowest BCUT2D eigenvalue weighted by molar-refractivity contribution is -0.130. The maximum atomic E-state index is 13.7. The molecule has 166 valence electrons. The molecule has 0 saturated carbocycles. The molecule has 9 heteroatoms. The van der Waals surface area contributed by atoms with Gasteiger partial charge in [0, 0.05) is 6.54 Å². The summed E-state index contributed by atoms with van der Waals surface area (Å²) in [5.74, 6) is -1.12. The summed E-state index contributed by atoms with van der Waals surface area (Å²) in [7, 11) is 0. The molecule has 1 saturated heterocycles. The molecule has 1 aliphatic rings. The number of aliphatic hydroxyl groups excluding tert-OH is 1. The number of carbonyl (C=O) groups excluding carboxylic acids is 2. The zero-order valence-corrected chi connectivity index (χ0v) is 16.8. The number of benzene rings is 2. The van der Waals surface area contributed by atoms with Crippen LogP contribution < -0.4 is 16.0 Å². The number of anilines is 1. The van der Waals surface area contributed by atoms with Crippen LogP contribution in [0, 0.1) is 11.6 Å². The van der Waals surface area contributed by atoms with Crippen molar-refractivity contribution in [3.63, 3.8) is 0 Å². The van der Waals surface area contributed by atoms with E-state index >= 15 is 0 Å². The number of hydrogen-bond donors (Lipinski definition) is 4. The first-order valence-electron chi connectivity index (χ1n) is 10.0. The highest BCUT2D eigenvalue weighted by Crippen LogP contribution is 2.22. The highest BCUT2D eigenvalue weighted by Gasteiger charge is 2.33. The summed E-state index contributed by atoms with van der Waals surface area (Å²) in [4.78, 5) is 24.4. The Morgan fingerprint density at radius 1 is 1.06 bits per heavy atom. The Morgan fingerprint density at radius 3 is 2.52 bits per heavy atom. The Labute approximate surface area is 178 Å². The number of urea groups is 1. The molecule has 1 aliphatic heterocycles. The van der Waals surface area contributed by atoms with E-state index in [0.717, 1.165) is 5.56 Å². The average Bonchev–Trinajstić information content (AvgIpc) is 2.76. The molecule has 0 aliphatic carbocycles. The van der Waals surface area contributed by atoms with Gasteiger partial charge < -0.3 is 25.8 Å². The zero-order chi connectivity index (χ0) is 22.2. The second-order valence-electron chi connectivity index (χ2n) is 7.35. The maximum Gasteiger partial charge on any atom is 0.319 e. The molecule has 3 atom stereocenters. The number of rotatable bonds is 7. The first-order valence-corrected chi connectivity index (χ1v) is 10.0. The molecule has 3 amide bonds. The number of nitrogens with one attached hydrogen (secondary N) is 3.